The van der Waals surface area contributed by atoms with E-state index in [0.29, 0.717) is 12.3 Å². The minimum Gasteiger partial charge on any atom is -0.298 e. The van der Waals surface area contributed by atoms with Gasteiger partial charge in [-0.05, 0) is 24.8 Å². The fourth-order valence-electron chi connectivity index (χ4n) is 3.02. The van der Waals surface area contributed by atoms with Crippen LogP contribution in [0.15, 0.2) is 30.3 Å². The Morgan fingerprint density at radius 1 is 1.33 bits per heavy atom. The number of nitrogens with zero attached hydrogens (tertiary/aromatic N) is 1. The summed E-state index contributed by atoms with van der Waals surface area (Å²) < 4.78 is 0. The van der Waals surface area contributed by atoms with Crippen LogP contribution < -0.4 is 0 Å². The Balaban J connectivity index is 2.34. The number of benzene rings is 1. The monoisotopic (exact) mass is 241 g/mol. The second-order valence-electron chi connectivity index (χ2n) is 5.29. The predicted octanol–water partition coefficient (Wildman–Crippen LogP) is 3.62. The molecule has 1 atom stereocenters. The highest BCUT2D eigenvalue weighted by Gasteiger charge is 2.40. The zero-order chi connectivity index (χ0) is 13.0. The predicted molar refractivity (Wildman–Crippen MR) is 71.0 cm³/mol. The number of nitriles is 1. The fourth-order valence-corrected chi connectivity index (χ4v) is 3.02. The smallest absolute Gasteiger partial charge is 0.154 e. The second-order valence-corrected chi connectivity index (χ2v) is 5.29. The van der Waals surface area contributed by atoms with Crippen molar-refractivity contribution in [3.63, 3.8) is 0 Å². The highest BCUT2D eigenvalue weighted by Crippen LogP contribution is 2.38. The Labute approximate surface area is 109 Å². The van der Waals surface area contributed by atoms with E-state index in [1.54, 1.807) is 6.92 Å². The molecule has 0 spiro atoms. The van der Waals surface area contributed by atoms with Crippen molar-refractivity contribution < 1.29 is 4.79 Å². The second kappa shape index (κ2) is 5.35. The molecule has 1 fully saturated rings. The van der Waals surface area contributed by atoms with E-state index in [1.807, 2.05) is 30.3 Å². The molecule has 1 saturated carbocycles. The molecule has 0 radical (unpaired) electrons. The van der Waals surface area contributed by atoms with Crippen LogP contribution in [0.5, 0.6) is 0 Å². The third-order valence-corrected chi connectivity index (χ3v) is 4.13. The molecule has 1 unspecified atom stereocenters. The summed E-state index contributed by atoms with van der Waals surface area (Å²) in [7, 11) is 0. The first-order valence-electron chi connectivity index (χ1n) is 6.67. The maximum absolute atomic E-state index is 12.1. The summed E-state index contributed by atoms with van der Waals surface area (Å²) in [5.74, 6) is 0.497. The van der Waals surface area contributed by atoms with Crippen molar-refractivity contribution in [2.45, 2.75) is 44.4 Å². The number of carbonyl (C=O) groups is 1. The third kappa shape index (κ3) is 2.31. The number of ketones is 1. The Morgan fingerprint density at radius 3 is 2.44 bits per heavy atom. The molecule has 1 aliphatic rings. The van der Waals surface area contributed by atoms with Gasteiger partial charge in [-0.2, -0.15) is 5.26 Å². The molecule has 1 aliphatic carbocycles. The highest BCUT2D eigenvalue weighted by molar-refractivity contribution is 5.91. The lowest BCUT2D eigenvalue weighted by atomic mass is 9.72. The van der Waals surface area contributed by atoms with Gasteiger partial charge in [0, 0.05) is 0 Å². The van der Waals surface area contributed by atoms with Crippen LogP contribution in [0.3, 0.4) is 0 Å². The van der Waals surface area contributed by atoms with Gasteiger partial charge in [0.2, 0.25) is 0 Å². The minimum absolute atomic E-state index is 0.0249. The molecule has 1 aromatic rings. The molecule has 0 heterocycles. The van der Waals surface area contributed by atoms with Crippen molar-refractivity contribution in [1.82, 2.24) is 0 Å². The van der Waals surface area contributed by atoms with E-state index in [-0.39, 0.29) is 5.78 Å². The lowest BCUT2D eigenvalue weighted by molar-refractivity contribution is -0.121. The highest BCUT2D eigenvalue weighted by atomic mass is 16.1. The summed E-state index contributed by atoms with van der Waals surface area (Å²) in [5, 5.41) is 9.59. The molecule has 0 bridgehead atoms. The lowest BCUT2D eigenvalue weighted by Gasteiger charge is -2.27. The molecule has 0 saturated heterocycles. The molecule has 94 valence electrons. The quantitative estimate of drug-likeness (QED) is 0.807. The summed E-state index contributed by atoms with van der Waals surface area (Å²) in [6.07, 6.45) is 5.47. The zero-order valence-corrected chi connectivity index (χ0v) is 10.9. The topological polar surface area (TPSA) is 40.9 Å². The first-order valence-corrected chi connectivity index (χ1v) is 6.67. The molecular weight excluding hydrogens is 222 g/mol. The van der Waals surface area contributed by atoms with Crippen LogP contribution in [-0.4, -0.2) is 5.78 Å². The molecular formula is C16H19NO. The first-order chi connectivity index (χ1) is 8.69. The molecule has 0 amide bonds. The Bertz CT molecular complexity index is 454. The Morgan fingerprint density at radius 2 is 1.94 bits per heavy atom. The van der Waals surface area contributed by atoms with E-state index in [0.717, 1.165) is 18.4 Å². The molecule has 1 aromatic carbocycles. The number of rotatable bonds is 4. The molecule has 0 aromatic heterocycles. The van der Waals surface area contributed by atoms with Crippen LogP contribution >= 0.6 is 0 Å². The molecule has 2 nitrogen and oxygen atoms in total. The van der Waals surface area contributed by atoms with E-state index in [1.165, 1.54) is 12.8 Å². The molecule has 0 N–H and O–H groups in total. The van der Waals surface area contributed by atoms with Crippen LogP contribution in [0.4, 0.5) is 0 Å². The van der Waals surface area contributed by atoms with Crippen LogP contribution in [0.25, 0.3) is 0 Å². The Kier molecular flexibility index (Phi) is 3.81. The van der Waals surface area contributed by atoms with E-state index in [9.17, 15) is 10.1 Å². The number of Topliss-reactive ketones (excluding diaryl/α,β-unsaturated/α-hetero) is 1. The third-order valence-electron chi connectivity index (χ3n) is 4.13. The average Bonchev–Trinajstić information content (AvgIpc) is 2.89. The largest absolute Gasteiger partial charge is 0.298 e. The molecule has 2 heteroatoms. The van der Waals surface area contributed by atoms with Crippen molar-refractivity contribution >= 4 is 5.78 Å². The normalized spacial score (nSPS) is 19.1. The lowest BCUT2D eigenvalue weighted by Crippen LogP contribution is -2.34. The van der Waals surface area contributed by atoms with E-state index < -0.39 is 5.41 Å². The summed E-state index contributed by atoms with van der Waals surface area (Å²) >= 11 is 0. The molecule has 2 rings (SSSR count). The summed E-state index contributed by atoms with van der Waals surface area (Å²) in [4.78, 5) is 12.1. The number of hydrogen-bond donors (Lipinski definition) is 0. The van der Waals surface area contributed by atoms with Gasteiger partial charge in [0.1, 0.15) is 5.41 Å². The van der Waals surface area contributed by atoms with Crippen LogP contribution in [-0.2, 0) is 10.2 Å². The molecule has 0 aliphatic heterocycles. The standard InChI is InChI=1S/C16H19NO/c1-13(18)16(12-17,11-14-7-5-6-8-14)15-9-3-2-4-10-15/h2-4,9-10,14H,5-8,11H2,1H3. The van der Waals surface area contributed by atoms with Crippen molar-refractivity contribution in [3.8, 4) is 6.07 Å². The van der Waals surface area contributed by atoms with Crippen LogP contribution in [0, 0.1) is 17.2 Å². The summed E-state index contributed by atoms with van der Waals surface area (Å²) in [5.41, 5.74) is -0.0806. The van der Waals surface area contributed by atoms with Gasteiger partial charge in [0.25, 0.3) is 0 Å². The van der Waals surface area contributed by atoms with Gasteiger partial charge >= 0.3 is 0 Å². The van der Waals surface area contributed by atoms with E-state index in [4.69, 9.17) is 0 Å². The van der Waals surface area contributed by atoms with Crippen molar-refractivity contribution in [3.05, 3.63) is 35.9 Å². The van der Waals surface area contributed by atoms with Crippen molar-refractivity contribution in [2.24, 2.45) is 5.92 Å². The molecule has 18 heavy (non-hydrogen) atoms. The maximum Gasteiger partial charge on any atom is 0.154 e. The summed E-state index contributed by atoms with van der Waals surface area (Å²) in [6, 6.07) is 11.8. The SMILES string of the molecule is CC(=O)C(C#N)(CC1CCCC1)c1ccccc1. The van der Waals surface area contributed by atoms with Gasteiger partial charge in [-0.15, -0.1) is 0 Å². The fraction of sp³-hybridized carbons (Fsp3) is 0.500. The number of hydrogen-bond acceptors (Lipinski definition) is 2. The van der Waals surface area contributed by atoms with Gasteiger partial charge in [-0.1, -0.05) is 56.0 Å². The minimum atomic E-state index is -0.934. The zero-order valence-electron chi connectivity index (χ0n) is 10.9. The van der Waals surface area contributed by atoms with Crippen molar-refractivity contribution in [2.75, 3.05) is 0 Å². The maximum atomic E-state index is 12.1. The van der Waals surface area contributed by atoms with E-state index >= 15 is 0 Å². The number of carbonyl (C=O) groups excluding carboxylic acids is 1. The van der Waals surface area contributed by atoms with Gasteiger partial charge < -0.3 is 0 Å². The van der Waals surface area contributed by atoms with Gasteiger partial charge in [0.15, 0.2) is 5.78 Å². The van der Waals surface area contributed by atoms with Gasteiger partial charge in [-0.25, -0.2) is 0 Å². The van der Waals surface area contributed by atoms with Crippen molar-refractivity contribution in [1.29, 1.82) is 5.26 Å². The first kappa shape index (κ1) is 12.8. The Hall–Kier alpha value is -1.62. The summed E-state index contributed by atoms with van der Waals surface area (Å²) in [6.45, 7) is 1.55. The van der Waals surface area contributed by atoms with Crippen LogP contribution in [0.2, 0.25) is 0 Å². The average molecular weight is 241 g/mol. The van der Waals surface area contributed by atoms with Gasteiger partial charge in [-0.3, -0.25) is 4.79 Å². The van der Waals surface area contributed by atoms with Gasteiger partial charge in [0.05, 0.1) is 6.07 Å². The van der Waals surface area contributed by atoms with E-state index in [2.05, 4.69) is 6.07 Å². The van der Waals surface area contributed by atoms with Crippen LogP contribution in [0.1, 0.15) is 44.6 Å².